The molecule has 4 N–H and O–H groups in total. The van der Waals surface area contributed by atoms with Crippen molar-refractivity contribution in [1.82, 2.24) is 10.2 Å². The average molecular weight is 1120 g/mol. The lowest BCUT2D eigenvalue weighted by molar-refractivity contribution is -0.438. The van der Waals surface area contributed by atoms with Crippen LogP contribution in [-0.2, 0) is 54.1 Å². The molecule has 21 heteroatoms. The molecule has 1 aliphatic carbocycles. The van der Waals surface area contributed by atoms with Gasteiger partial charge in [-0.05, 0) is 123 Å². The highest BCUT2D eigenvalue weighted by Gasteiger charge is 2.46. The molecule has 0 atom stereocenters. The zero-order valence-electron chi connectivity index (χ0n) is 43.5. The van der Waals surface area contributed by atoms with Crippen LogP contribution in [0.4, 0.5) is 17.1 Å². The van der Waals surface area contributed by atoms with Crippen LogP contribution in [0.25, 0.3) is 10.8 Å². The van der Waals surface area contributed by atoms with Gasteiger partial charge in [-0.1, -0.05) is 71.9 Å². The van der Waals surface area contributed by atoms with E-state index in [9.17, 15) is 27.4 Å². The Morgan fingerprint density at radius 1 is 0.842 bits per heavy atom. The molecule has 76 heavy (non-hydrogen) atoms. The van der Waals surface area contributed by atoms with Crippen molar-refractivity contribution < 1.29 is 61.2 Å². The van der Waals surface area contributed by atoms with Gasteiger partial charge in [-0.3, -0.25) is 23.8 Å². The second kappa shape index (κ2) is 27.2. The summed E-state index contributed by atoms with van der Waals surface area (Å²) in [6, 6.07) is 19.2. The zero-order valence-corrected chi connectivity index (χ0v) is 46.7. The average Bonchev–Trinajstić information content (AvgIpc) is 3.91. The third-order valence-corrected chi connectivity index (χ3v) is 16.9. The monoisotopic (exact) mass is 1120 g/mol. The van der Waals surface area contributed by atoms with Crippen molar-refractivity contribution in [2.24, 2.45) is 0 Å². The Labute approximate surface area is 459 Å². The lowest BCUT2D eigenvalue weighted by Crippen LogP contribution is -2.38. The van der Waals surface area contributed by atoms with Crippen LogP contribution in [0.3, 0.4) is 0 Å². The number of unbranched alkanes of at least 4 members (excludes halogenated alkanes) is 2. The highest BCUT2D eigenvalue weighted by Crippen LogP contribution is 2.50. The molecule has 3 aromatic rings. The lowest BCUT2D eigenvalue weighted by atomic mass is 9.79. The molecule has 3 heterocycles. The van der Waals surface area contributed by atoms with Crippen molar-refractivity contribution >= 4 is 97.1 Å². The molecule has 410 valence electrons. The number of imide groups is 1. The van der Waals surface area contributed by atoms with Crippen LogP contribution in [0.1, 0.15) is 103 Å². The van der Waals surface area contributed by atoms with Crippen LogP contribution in [0.2, 0.25) is 0 Å². The summed E-state index contributed by atoms with van der Waals surface area (Å²) < 4.78 is 45.1. The van der Waals surface area contributed by atoms with Crippen LogP contribution in [0.5, 0.6) is 0 Å². The van der Waals surface area contributed by atoms with Crippen LogP contribution in [-0.4, -0.2) is 113 Å². The molecule has 0 fully saturated rings. The summed E-state index contributed by atoms with van der Waals surface area (Å²) in [5.74, 6) is -0.0923. The molecule has 0 unspecified atom stereocenters. The van der Waals surface area contributed by atoms with E-state index in [4.69, 9.17) is 22.1 Å². The third kappa shape index (κ3) is 14.6. The first-order valence-electron chi connectivity index (χ1n) is 25.7. The Balaban J connectivity index is 1.12. The molecule has 3 amide bonds. The molecule has 0 bridgehead atoms. The van der Waals surface area contributed by atoms with Gasteiger partial charge in [-0.25, -0.2) is 10.5 Å². The standard InChI is InChI=1S/C55H68ClN5O12S3/c1-54(2)44-38-42(58(30-11-35-74-72-70-65)31-12-36-75-73-71-66)22-24-45(44)59(33-13-37-76(67,68)69)47(54)25-20-40-15-10-16-41(53(40)56)21-26-48-55(3,4)52-43-17-8-7-14-39(43)19-23-46(52)60(48)32-9-5-6-18-49(62)57-29-34-61-50(63)27-28-51(61)64/h7-8,14,17,19-28,38H,5-6,9-13,15-16,18,29-37H2,1-4H3,(H3-,57,62,65,66,67,68,69)/p+1. The fraction of sp³-hybridized carbons (Fsp3) is 0.455. The first-order chi connectivity index (χ1) is 36.5. The fourth-order valence-corrected chi connectivity index (χ4v) is 12.3. The quantitative estimate of drug-likeness (QED) is 0.00970. The fourth-order valence-electron chi connectivity index (χ4n) is 10.7. The molecule has 17 nitrogen and oxygen atoms in total. The van der Waals surface area contributed by atoms with Gasteiger partial charge in [-0.15, -0.1) is 8.67 Å². The maximum absolute atomic E-state index is 12.7. The van der Waals surface area contributed by atoms with Crippen molar-refractivity contribution in [3.05, 3.63) is 124 Å². The van der Waals surface area contributed by atoms with Gasteiger partial charge in [0.05, 0.1) is 11.2 Å². The van der Waals surface area contributed by atoms with Gasteiger partial charge in [-0.2, -0.15) is 13.0 Å². The summed E-state index contributed by atoms with van der Waals surface area (Å²) in [6.07, 6.45) is 17.9. The van der Waals surface area contributed by atoms with Gasteiger partial charge < -0.3 is 15.1 Å². The highest BCUT2D eigenvalue weighted by atomic mass is 35.5. The number of carbonyl (C=O) groups excluding carboxylic acids is 3. The number of benzene rings is 3. The number of allylic oxidation sites excluding steroid dienone is 8. The minimum absolute atomic E-state index is 0.109. The first-order valence-corrected chi connectivity index (χ1v) is 29.5. The second-order valence-corrected chi connectivity index (χ2v) is 23.7. The van der Waals surface area contributed by atoms with E-state index in [0.29, 0.717) is 61.9 Å². The highest BCUT2D eigenvalue weighted by molar-refractivity contribution is 7.94. The number of rotatable bonds is 29. The second-order valence-electron chi connectivity index (χ2n) is 20.2. The van der Waals surface area contributed by atoms with Gasteiger partial charge in [0, 0.05) is 139 Å². The molecule has 7 rings (SSSR count). The van der Waals surface area contributed by atoms with E-state index in [1.54, 1.807) is 0 Å². The molecule has 0 saturated heterocycles. The first kappa shape index (κ1) is 58.8. The molecular formula is C55H69ClN5O12S3+. The summed E-state index contributed by atoms with van der Waals surface area (Å²) in [6.45, 7) is 11.6. The minimum Gasteiger partial charge on any atom is -0.371 e. The van der Waals surface area contributed by atoms with Gasteiger partial charge in [0.25, 0.3) is 21.9 Å². The summed E-state index contributed by atoms with van der Waals surface area (Å²) in [5.41, 5.74) is 8.69. The molecule has 0 spiro atoms. The number of halogens is 1. The van der Waals surface area contributed by atoms with Gasteiger partial charge in [0.2, 0.25) is 11.6 Å². The van der Waals surface area contributed by atoms with E-state index in [0.717, 1.165) is 113 Å². The van der Waals surface area contributed by atoms with Crippen molar-refractivity contribution in [1.29, 1.82) is 0 Å². The number of amides is 3. The van der Waals surface area contributed by atoms with Crippen molar-refractivity contribution in [2.75, 3.05) is 66.3 Å². The predicted octanol–water partition coefficient (Wildman–Crippen LogP) is 10.7. The number of carbonyl (C=O) groups is 3. The largest absolute Gasteiger partial charge is 0.371 e. The topological polar surface area (TPSA) is 208 Å². The van der Waals surface area contributed by atoms with Crippen molar-refractivity contribution in [3.63, 3.8) is 0 Å². The summed E-state index contributed by atoms with van der Waals surface area (Å²) >= 11 is 9.40. The van der Waals surface area contributed by atoms with Crippen molar-refractivity contribution in [2.45, 2.75) is 103 Å². The molecule has 0 radical (unpaired) electrons. The molecular weight excluding hydrogens is 1050 g/mol. The third-order valence-electron chi connectivity index (χ3n) is 14.4. The van der Waals surface area contributed by atoms with E-state index < -0.39 is 15.5 Å². The normalized spacial score (nSPS) is 18.2. The van der Waals surface area contributed by atoms with E-state index >= 15 is 0 Å². The maximum Gasteiger partial charge on any atom is 0.264 e. The van der Waals surface area contributed by atoms with Gasteiger partial charge in [0.1, 0.15) is 6.54 Å². The Bertz CT molecular complexity index is 2890. The number of hydrogen-bond donors (Lipinski definition) is 4. The van der Waals surface area contributed by atoms with Gasteiger partial charge in [0.15, 0.2) is 5.71 Å². The Kier molecular flexibility index (Phi) is 21.0. The summed E-state index contributed by atoms with van der Waals surface area (Å²) in [5, 5.41) is 30.6. The Morgan fingerprint density at radius 2 is 1.55 bits per heavy atom. The smallest absolute Gasteiger partial charge is 0.264 e. The molecule has 0 aromatic heterocycles. The van der Waals surface area contributed by atoms with Gasteiger partial charge >= 0.3 is 0 Å². The summed E-state index contributed by atoms with van der Waals surface area (Å²) in [4.78, 5) is 41.9. The van der Waals surface area contributed by atoms with E-state index in [-0.39, 0.29) is 48.4 Å². The van der Waals surface area contributed by atoms with Crippen LogP contribution >= 0.6 is 35.7 Å². The SMILES string of the molecule is CC1(C)C(=CC=C2CCCC(C=CC3=[N+](CCCCCC(=O)NCCN4C(=O)C=CC4=O)c4ccc5ccccc5c4C3(C)C)=C2Cl)N(CCCS(=O)(=O)O)c2ccc(N(CCCSOOO)CCCSOOO)cc21. The number of anilines is 2. The molecule has 4 aliphatic rings. The van der Waals surface area contributed by atoms with Crippen LogP contribution < -0.4 is 15.1 Å². The summed E-state index contributed by atoms with van der Waals surface area (Å²) in [7, 11) is -4.19. The van der Waals surface area contributed by atoms with Crippen LogP contribution in [0.15, 0.2) is 113 Å². The van der Waals surface area contributed by atoms with Crippen LogP contribution in [0, 0.1) is 0 Å². The van der Waals surface area contributed by atoms with E-state index in [2.05, 4.69) is 139 Å². The predicted molar refractivity (Wildman–Crippen MR) is 300 cm³/mol. The Morgan fingerprint density at radius 3 is 2.25 bits per heavy atom. The lowest BCUT2D eigenvalue weighted by Gasteiger charge is -2.27. The molecule has 3 aromatic carbocycles. The van der Waals surface area contributed by atoms with E-state index in [1.807, 2.05) is 6.07 Å². The van der Waals surface area contributed by atoms with E-state index in [1.165, 1.54) is 28.5 Å². The molecule has 0 saturated carbocycles. The van der Waals surface area contributed by atoms with Crippen molar-refractivity contribution in [3.8, 4) is 0 Å². The number of hydrogen-bond acceptors (Lipinski definition) is 15. The number of nitrogens with one attached hydrogen (secondary N) is 1. The maximum atomic E-state index is 12.7. The zero-order chi connectivity index (χ0) is 54.5. The minimum atomic E-state index is -4.19. The number of nitrogens with zero attached hydrogens (tertiary/aromatic N) is 4. The number of fused-ring (bicyclic) bond motifs is 4. The Hall–Kier alpha value is -4.84. The molecule has 3 aliphatic heterocycles.